The molecule has 512 valence electrons. The standard InChI is InChI=1S/C68H128O17P2/c1-8-9-10-11-12-13-14-15-16-17-18-19-29-37-44-51-67(72)84-64(56-79-66(71)50-43-36-31-24-27-34-41-48-61(6)7)58-83-87(76,77)81-54-62(69)53-80-86(74,75)82-57-63(85-68(73)52-45-38-30-23-21-26-33-40-47-60(4)5)55-78-65(70)49-42-35-28-22-20-25-32-39-46-59(2)3/h13-16,59-64,69H,8-12,17-58H2,1-7H3,(H,74,75)(H,76,77)/b14-13-,16-15-/t62?,63-,64-/m1/s1. The number of esters is 4. The van der Waals surface area contributed by atoms with Crippen LogP contribution in [0, 0.1) is 17.8 Å². The van der Waals surface area contributed by atoms with Crippen molar-refractivity contribution in [3.63, 3.8) is 0 Å². The van der Waals surface area contributed by atoms with E-state index in [-0.39, 0.29) is 25.7 Å². The summed E-state index contributed by atoms with van der Waals surface area (Å²) in [5, 5.41) is 10.6. The molecule has 17 nitrogen and oxygen atoms in total. The first-order valence-corrected chi connectivity index (χ1v) is 37.7. The van der Waals surface area contributed by atoms with Gasteiger partial charge >= 0.3 is 39.5 Å². The number of hydrogen-bond acceptors (Lipinski definition) is 15. The number of carbonyl (C=O) groups excluding carboxylic acids is 4. The van der Waals surface area contributed by atoms with E-state index in [1.165, 1.54) is 103 Å². The average molecular weight is 1280 g/mol. The Kier molecular flexibility index (Phi) is 57.0. The summed E-state index contributed by atoms with van der Waals surface area (Å²) in [6.45, 7) is 11.6. The molecule has 3 N–H and O–H groups in total. The predicted octanol–water partition coefficient (Wildman–Crippen LogP) is 18.6. The van der Waals surface area contributed by atoms with E-state index in [0.29, 0.717) is 37.5 Å². The van der Waals surface area contributed by atoms with Crippen LogP contribution in [0.1, 0.15) is 312 Å². The second-order valence-corrected chi connectivity index (χ2v) is 28.2. The maximum atomic E-state index is 13.0. The van der Waals surface area contributed by atoms with Crippen LogP contribution in [0.5, 0.6) is 0 Å². The van der Waals surface area contributed by atoms with Crippen LogP contribution >= 0.6 is 15.6 Å². The van der Waals surface area contributed by atoms with E-state index >= 15 is 0 Å². The van der Waals surface area contributed by atoms with Gasteiger partial charge in [-0.1, -0.05) is 259 Å². The van der Waals surface area contributed by atoms with Crippen molar-refractivity contribution in [3.05, 3.63) is 24.3 Å². The minimum Gasteiger partial charge on any atom is -0.462 e. The van der Waals surface area contributed by atoms with Gasteiger partial charge < -0.3 is 33.8 Å². The molecule has 87 heavy (non-hydrogen) atoms. The van der Waals surface area contributed by atoms with Gasteiger partial charge in [0.2, 0.25) is 0 Å². The zero-order valence-electron chi connectivity index (χ0n) is 56.0. The van der Waals surface area contributed by atoms with Gasteiger partial charge in [0.1, 0.15) is 19.3 Å². The Bertz CT molecular complexity index is 1810. The lowest BCUT2D eigenvalue weighted by Gasteiger charge is -2.21. The number of aliphatic hydroxyl groups is 1. The van der Waals surface area contributed by atoms with E-state index in [1.807, 2.05) is 0 Å². The number of phosphoric ester groups is 2. The van der Waals surface area contributed by atoms with Gasteiger partial charge in [-0.15, -0.1) is 0 Å². The first-order valence-electron chi connectivity index (χ1n) is 34.7. The Labute approximate surface area is 529 Å². The van der Waals surface area contributed by atoms with Gasteiger partial charge in [0.05, 0.1) is 26.4 Å². The van der Waals surface area contributed by atoms with Crippen molar-refractivity contribution in [2.45, 2.75) is 330 Å². The second kappa shape index (κ2) is 58.6. The van der Waals surface area contributed by atoms with E-state index in [4.69, 9.17) is 37.0 Å². The molecule has 0 radical (unpaired) electrons. The Hall–Kier alpha value is -2.46. The molecule has 0 aromatic carbocycles. The normalized spacial score (nSPS) is 14.4. The largest absolute Gasteiger partial charge is 0.472 e. The summed E-state index contributed by atoms with van der Waals surface area (Å²) >= 11 is 0. The van der Waals surface area contributed by atoms with Gasteiger partial charge in [0, 0.05) is 25.7 Å². The SMILES string of the molecule is CCCCCC/C=C\C=C/CCCCCCCC(=O)O[C@H](COC(=O)CCCCCCCCCC(C)C)COP(=O)(O)OCC(O)COP(=O)(O)OC[C@@H](COC(=O)CCCCCCCCCCC(C)C)OC(=O)CCCCCCCCCCC(C)C. The summed E-state index contributed by atoms with van der Waals surface area (Å²) in [6.07, 6.45) is 44.1. The lowest BCUT2D eigenvalue weighted by molar-refractivity contribution is -0.161. The summed E-state index contributed by atoms with van der Waals surface area (Å²) in [5.74, 6) is -0.0204. The van der Waals surface area contributed by atoms with Gasteiger partial charge in [0.25, 0.3) is 0 Å². The van der Waals surface area contributed by atoms with Gasteiger partial charge in [-0.2, -0.15) is 0 Å². The molecule has 0 saturated heterocycles. The predicted molar refractivity (Wildman–Crippen MR) is 349 cm³/mol. The summed E-state index contributed by atoms with van der Waals surface area (Å²) in [6, 6.07) is 0. The molecular weight excluding hydrogens is 1150 g/mol. The second-order valence-electron chi connectivity index (χ2n) is 25.3. The highest BCUT2D eigenvalue weighted by atomic mass is 31.2. The molecule has 0 fully saturated rings. The molecule has 0 amide bonds. The Morgan fingerprint density at radius 1 is 0.356 bits per heavy atom. The number of phosphoric acid groups is 2. The Morgan fingerprint density at radius 2 is 0.621 bits per heavy atom. The number of unbranched alkanes of at least 4 members (excludes halogenated alkanes) is 29. The highest BCUT2D eigenvalue weighted by Gasteiger charge is 2.30. The third kappa shape index (κ3) is 62.1. The van der Waals surface area contributed by atoms with E-state index in [2.05, 4.69) is 72.8 Å². The number of ether oxygens (including phenoxy) is 4. The highest BCUT2D eigenvalue weighted by Crippen LogP contribution is 2.45. The molecular formula is C68H128O17P2. The number of carbonyl (C=O) groups is 4. The zero-order valence-corrected chi connectivity index (χ0v) is 57.7. The molecule has 0 aliphatic carbocycles. The van der Waals surface area contributed by atoms with Crippen LogP contribution in [-0.2, 0) is 65.4 Å². The number of rotatable bonds is 64. The molecule has 3 unspecified atom stereocenters. The van der Waals surface area contributed by atoms with Crippen LogP contribution in [-0.4, -0.2) is 96.7 Å². The molecule has 0 spiro atoms. The average Bonchev–Trinajstić information content (AvgIpc) is 3.67. The molecule has 0 aliphatic rings. The van der Waals surface area contributed by atoms with Crippen molar-refractivity contribution in [2.24, 2.45) is 17.8 Å². The molecule has 0 aromatic heterocycles. The smallest absolute Gasteiger partial charge is 0.462 e. The lowest BCUT2D eigenvalue weighted by atomic mass is 10.0. The van der Waals surface area contributed by atoms with E-state index in [1.54, 1.807) is 0 Å². The number of hydrogen-bond donors (Lipinski definition) is 3. The zero-order chi connectivity index (χ0) is 64.5. The van der Waals surface area contributed by atoms with Gasteiger partial charge in [-0.05, 0) is 69.1 Å². The van der Waals surface area contributed by atoms with Crippen LogP contribution in [0.25, 0.3) is 0 Å². The van der Waals surface area contributed by atoms with Crippen molar-refractivity contribution in [2.75, 3.05) is 39.6 Å². The topological polar surface area (TPSA) is 237 Å². The minimum absolute atomic E-state index is 0.0836. The van der Waals surface area contributed by atoms with Crippen molar-refractivity contribution >= 4 is 39.5 Å². The van der Waals surface area contributed by atoms with Crippen molar-refractivity contribution in [3.8, 4) is 0 Å². The maximum Gasteiger partial charge on any atom is 0.472 e. The quantitative estimate of drug-likeness (QED) is 0.0169. The van der Waals surface area contributed by atoms with Crippen LogP contribution in [0.4, 0.5) is 0 Å². The molecule has 19 heteroatoms. The first-order chi connectivity index (χ1) is 41.7. The van der Waals surface area contributed by atoms with E-state index in [0.717, 1.165) is 115 Å². The molecule has 0 bridgehead atoms. The number of aliphatic hydroxyl groups excluding tert-OH is 1. The summed E-state index contributed by atoms with van der Waals surface area (Å²) < 4.78 is 68.1. The third-order valence-corrected chi connectivity index (χ3v) is 16.9. The van der Waals surface area contributed by atoms with Crippen LogP contribution in [0.15, 0.2) is 24.3 Å². The van der Waals surface area contributed by atoms with E-state index in [9.17, 15) is 43.2 Å². The van der Waals surface area contributed by atoms with Crippen LogP contribution in [0.3, 0.4) is 0 Å². The van der Waals surface area contributed by atoms with Crippen LogP contribution in [0.2, 0.25) is 0 Å². The Morgan fingerprint density at radius 3 is 0.931 bits per heavy atom. The van der Waals surface area contributed by atoms with Gasteiger partial charge in [-0.3, -0.25) is 37.3 Å². The first kappa shape index (κ1) is 84.5. The fourth-order valence-corrected chi connectivity index (χ4v) is 11.2. The monoisotopic (exact) mass is 1280 g/mol. The van der Waals surface area contributed by atoms with Crippen molar-refractivity contribution in [1.29, 1.82) is 0 Å². The van der Waals surface area contributed by atoms with Crippen molar-refractivity contribution < 1.29 is 80.2 Å². The summed E-state index contributed by atoms with van der Waals surface area (Å²) in [5.41, 5.74) is 0. The molecule has 0 aromatic rings. The fourth-order valence-electron chi connectivity index (χ4n) is 9.65. The molecule has 5 atom stereocenters. The molecule has 0 heterocycles. The number of allylic oxidation sites excluding steroid dienone is 4. The summed E-state index contributed by atoms with van der Waals surface area (Å²) in [7, 11) is -9.91. The third-order valence-electron chi connectivity index (χ3n) is 15.0. The molecule has 0 saturated carbocycles. The lowest BCUT2D eigenvalue weighted by Crippen LogP contribution is -2.30. The van der Waals surface area contributed by atoms with Gasteiger partial charge in [-0.25, -0.2) is 9.13 Å². The fraction of sp³-hybridized carbons (Fsp3) is 0.882. The van der Waals surface area contributed by atoms with Crippen LogP contribution < -0.4 is 0 Å². The summed E-state index contributed by atoms with van der Waals surface area (Å²) in [4.78, 5) is 72.4. The maximum absolute atomic E-state index is 13.0. The minimum atomic E-state index is -4.96. The Balaban J connectivity index is 5.29. The van der Waals surface area contributed by atoms with Gasteiger partial charge in [0.15, 0.2) is 12.2 Å². The highest BCUT2D eigenvalue weighted by molar-refractivity contribution is 7.47. The van der Waals surface area contributed by atoms with Crippen molar-refractivity contribution in [1.82, 2.24) is 0 Å². The molecule has 0 aliphatic heterocycles. The van der Waals surface area contributed by atoms with E-state index < -0.39 is 97.5 Å². The molecule has 0 rings (SSSR count).